The Morgan fingerprint density at radius 3 is 2.56 bits per heavy atom. The van der Waals surface area contributed by atoms with Crippen LogP contribution in [0.25, 0.3) is 5.70 Å². The highest BCUT2D eigenvalue weighted by Gasteiger charge is 1.97. The molecule has 0 heterocycles. The molecule has 1 aromatic rings. The lowest BCUT2D eigenvalue weighted by atomic mass is 10.1. The van der Waals surface area contributed by atoms with Gasteiger partial charge in [-0.25, -0.2) is 0 Å². The summed E-state index contributed by atoms with van der Waals surface area (Å²) in [7, 11) is 0. The Labute approximate surface area is 110 Å². The topological polar surface area (TPSA) is 12.4 Å². The van der Waals surface area contributed by atoms with Gasteiger partial charge in [0.1, 0.15) is 0 Å². The van der Waals surface area contributed by atoms with Crippen molar-refractivity contribution >= 4 is 12.4 Å². The lowest BCUT2D eigenvalue weighted by Gasteiger charge is -2.02. The molecule has 0 bridgehead atoms. The van der Waals surface area contributed by atoms with Crippen LogP contribution >= 0.6 is 0 Å². The Morgan fingerprint density at radius 2 is 2.00 bits per heavy atom. The van der Waals surface area contributed by atoms with Gasteiger partial charge in [0.25, 0.3) is 0 Å². The number of hydrogen-bond donors (Lipinski definition) is 0. The number of rotatable bonds is 6. The third-order valence-corrected chi connectivity index (χ3v) is 2.48. The predicted octanol–water partition coefficient (Wildman–Crippen LogP) is 4.81. The lowest BCUT2D eigenvalue weighted by Crippen LogP contribution is -1.82. The van der Waals surface area contributed by atoms with Gasteiger partial charge < -0.3 is 0 Å². The Morgan fingerprint density at radius 1 is 1.28 bits per heavy atom. The molecule has 0 amide bonds. The van der Waals surface area contributed by atoms with Crippen LogP contribution in [0.15, 0.2) is 77.9 Å². The molecule has 0 aliphatic rings. The molecular formula is C17H19N. The number of nitrogens with zero attached hydrogens (tertiary/aromatic N) is 1. The summed E-state index contributed by atoms with van der Waals surface area (Å²) in [6.45, 7) is 9.36. The largest absolute Gasteiger partial charge is 0.264 e. The summed E-state index contributed by atoms with van der Waals surface area (Å²) in [6, 6.07) is 10.1. The van der Waals surface area contributed by atoms with E-state index >= 15 is 0 Å². The Hall–Kier alpha value is -2.15. The first-order chi connectivity index (χ1) is 8.81. The quantitative estimate of drug-likeness (QED) is 0.497. The molecule has 1 rings (SSSR count). The molecule has 0 saturated heterocycles. The van der Waals surface area contributed by atoms with Crippen molar-refractivity contribution in [2.75, 3.05) is 0 Å². The second kappa shape index (κ2) is 8.02. The third kappa shape index (κ3) is 4.38. The molecule has 0 N–H and O–H groups in total. The number of hydrogen-bond acceptors (Lipinski definition) is 1. The van der Waals surface area contributed by atoms with Crippen LogP contribution in [0.5, 0.6) is 0 Å². The highest BCUT2D eigenvalue weighted by atomic mass is 14.7. The van der Waals surface area contributed by atoms with Gasteiger partial charge >= 0.3 is 0 Å². The molecule has 0 aromatic heterocycles. The van der Waals surface area contributed by atoms with Crippen LogP contribution < -0.4 is 0 Å². The van der Waals surface area contributed by atoms with Crippen molar-refractivity contribution in [2.24, 2.45) is 4.99 Å². The van der Waals surface area contributed by atoms with E-state index in [4.69, 9.17) is 0 Å². The molecule has 0 unspecified atom stereocenters. The molecule has 0 aliphatic heterocycles. The average Bonchev–Trinajstić information content (AvgIpc) is 2.41. The van der Waals surface area contributed by atoms with Gasteiger partial charge in [-0.2, -0.15) is 0 Å². The lowest BCUT2D eigenvalue weighted by molar-refractivity contribution is 1.27. The maximum absolute atomic E-state index is 4.08. The Balaban J connectivity index is 2.90. The van der Waals surface area contributed by atoms with E-state index in [1.54, 1.807) is 6.08 Å². The molecule has 1 aromatic carbocycles. The van der Waals surface area contributed by atoms with Gasteiger partial charge in [-0.3, -0.25) is 4.99 Å². The SMILES string of the molecule is C=C/C=C(\C=C/C)C/C=C(\N=C)c1ccccc1. The molecule has 1 heteroatoms. The summed E-state index contributed by atoms with van der Waals surface area (Å²) in [5, 5.41) is 0. The molecule has 92 valence electrons. The second-order valence-electron chi connectivity index (χ2n) is 3.79. The van der Waals surface area contributed by atoms with Crippen molar-refractivity contribution in [1.29, 1.82) is 0 Å². The zero-order valence-electron chi connectivity index (χ0n) is 10.8. The van der Waals surface area contributed by atoms with Crippen molar-refractivity contribution < 1.29 is 0 Å². The summed E-state index contributed by atoms with van der Waals surface area (Å²) in [4.78, 5) is 4.08. The first kappa shape index (κ1) is 13.9. The molecule has 18 heavy (non-hydrogen) atoms. The van der Waals surface area contributed by atoms with E-state index in [1.807, 2.05) is 49.4 Å². The average molecular weight is 237 g/mol. The zero-order chi connectivity index (χ0) is 13.2. The highest BCUT2D eigenvalue weighted by Crippen LogP contribution is 2.17. The molecule has 0 fully saturated rings. The van der Waals surface area contributed by atoms with Crippen LogP contribution in [0.3, 0.4) is 0 Å². The van der Waals surface area contributed by atoms with Crippen molar-refractivity contribution in [3.63, 3.8) is 0 Å². The highest BCUT2D eigenvalue weighted by molar-refractivity contribution is 5.68. The van der Waals surface area contributed by atoms with Crippen LogP contribution in [0.1, 0.15) is 18.9 Å². The van der Waals surface area contributed by atoms with Crippen LogP contribution in [0.2, 0.25) is 0 Å². The van der Waals surface area contributed by atoms with E-state index in [0.29, 0.717) is 0 Å². The van der Waals surface area contributed by atoms with Crippen LogP contribution in [-0.4, -0.2) is 6.72 Å². The normalized spacial score (nSPS) is 12.7. The molecule has 0 spiro atoms. The van der Waals surface area contributed by atoms with Crippen LogP contribution in [0.4, 0.5) is 0 Å². The minimum Gasteiger partial charge on any atom is -0.264 e. The minimum atomic E-state index is 0.819. The summed E-state index contributed by atoms with van der Waals surface area (Å²) in [6.07, 6.45) is 10.8. The van der Waals surface area contributed by atoms with E-state index in [9.17, 15) is 0 Å². The summed E-state index contributed by atoms with van der Waals surface area (Å²) < 4.78 is 0. The Kier molecular flexibility index (Phi) is 6.20. The van der Waals surface area contributed by atoms with Gasteiger partial charge in [0.2, 0.25) is 0 Å². The molecule has 1 nitrogen and oxygen atoms in total. The summed E-state index contributed by atoms with van der Waals surface area (Å²) >= 11 is 0. The number of benzene rings is 1. The van der Waals surface area contributed by atoms with E-state index in [-0.39, 0.29) is 0 Å². The minimum absolute atomic E-state index is 0.819. The number of allylic oxidation sites excluding steroid dienone is 6. The first-order valence-corrected chi connectivity index (χ1v) is 5.98. The van der Waals surface area contributed by atoms with E-state index in [2.05, 4.69) is 30.4 Å². The monoisotopic (exact) mass is 237 g/mol. The van der Waals surface area contributed by atoms with E-state index in [0.717, 1.165) is 17.7 Å². The fourth-order valence-corrected chi connectivity index (χ4v) is 1.65. The number of aliphatic imine (C=N–C) groups is 1. The summed E-state index contributed by atoms with van der Waals surface area (Å²) in [5.41, 5.74) is 3.20. The third-order valence-electron chi connectivity index (χ3n) is 2.48. The molecule has 0 aliphatic carbocycles. The smallest absolute Gasteiger partial charge is 0.0658 e. The molecular weight excluding hydrogens is 218 g/mol. The van der Waals surface area contributed by atoms with Gasteiger partial charge in [0.15, 0.2) is 0 Å². The van der Waals surface area contributed by atoms with Gasteiger partial charge in [0, 0.05) is 0 Å². The molecule has 0 radical (unpaired) electrons. The second-order valence-corrected chi connectivity index (χ2v) is 3.79. The molecule has 0 saturated carbocycles. The van der Waals surface area contributed by atoms with E-state index < -0.39 is 0 Å². The van der Waals surface area contributed by atoms with Crippen LogP contribution in [-0.2, 0) is 0 Å². The standard InChI is InChI=1S/C17H19N/c1-4-9-15(10-5-2)13-14-17(18-3)16-11-7-6-8-12-16/h4-12,14H,1,3,13H2,2H3/b10-5-,15-9+,17-14-. The fraction of sp³-hybridized carbons (Fsp3) is 0.118. The summed E-state index contributed by atoms with van der Waals surface area (Å²) in [5.74, 6) is 0. The van der Waals surface area contributed by atoms with Crippen molar-refractivity contribution in [1.82, 2.24) is 0 Å². The maximum Gasteiger partial charge on any atom is 0.0658 e. The zero-order valence-corrected chi connectivity index (χ0v) is 10.8. The fourth-order valence-electron chi connectivity index (χ4n) is 1.65. The van der Waals surface area contributed by atoms with Gasteiger partial charge in [-0.15, -0.1) is 0 Å². The van der Waals surface area contributed by atoms with Crippen LogP contribution in [0, 0.1) is 0 Å². The maximum atomic E-state index is 4.08. The van der Waals surface area contributed by atoms with Gasteiger partial charge in [-0.05, 0) is 31.2 Å². The van der Waals surface area contributed by atoms with Crippen molar-refractivity contribution in [3.8, 4) is 0 Å². The van der Waals surface area contributed by atoms with Gasteiger partial charge in [-0.1, -0.05) is 67.3 Å². The predicted molar refractivity (Wildman–Crippen MR) is 81.7 cm³/mol. The van der Waals surface area contributed by atoms with E-state index in [1.165, 1.54) is 5.57 Å². The first-order valence-electron chi connectivity index (χ1n) is 5.98. The van der Waals surface area contributed by atoms with Crippen molar-refractivity contribution in [3.05, 3.63) is 78.4 Å². The van der Waals surface area contributed by atoms with Gasteiger partial charge in [0.05, 0.1) is 5.70 Å². The molecule has 0 atom stereocenters. The Bertz CT molecular complexity index is 476. The van der Waals surface area contributed by atoms with Crippen molar-refractivity contribution in [2.45, 2.75) is 13.3 Å².